The molecule has 4 N–H and O–H groups in total. The van der Waals surface area contributed by atoms with Gasteiger partial charge in [-0.1, -0.05) is 12.1 Å². The number of nitrogens with two attached hydrogens (primary N) is 1. The van der Waals surface area contributed by atoms with Crippen LogP contribution >= 0.6 is 0 Å². The third-order valence-corrected chi connectivity index (χ3v) is 4.47. The molecule has 1 aliphatic rings. The van der Waals surface area contributed by atoms with Gasteiger partial charge < -0.3 is 25.7 Å². The quantitative estimate of drug-likeness (QED) is 0.715. The summed E-state index contributed by atoms with van der Waals surface area (Å²) in [7, 11) is -0.451. The zero-order valence-electron chi connectivity index (χ0n) is 14.7. The molecule has 1 unspecified atom stereocenters. The third kappa shape index (κ3) is 3.88. The van der Waals surface area contributed by atoms with E-state index >= 15 is 0 Å². The second kappa shape index (κ2) is 6.45. The molecule has 0 spiro atoms. The Balaban J connectivity index is 1.99. The molecule has 0 saturated carbocycles. The minimum Gasteiger partial charge on any atom is -0.399 e. The van der Waals surface area contributed by atoms with Gasteiger partial charge in [0.1, 0.15) is 6.04 Å². The van der Waals surface area contributed by atoms with Crippen LogP contribution in [0.4, 0.5) is 10.5 Å². The van der Waals surface area contributed by atoms with Gasteiger partial charge in [-0.05, 0) is 52.2 Å². The van der Waals surface area contributed by atoms with E-state index in [1.54, 1.807) is 12.1 Å². The second-order valence-electron chi connectivity index (χ2n) is 6.93. The molecule has 0 aliphatic carbocycles. The highest BCUT2D eigenvalue weighted by Gasteiger charge is 2.51. The maximum Gasteiger partial charge on any atom is 0.494 e. The zero-order valence-corrected chi connectivity index (χ0v) is 14.7. The molecular formula is C16H24BN3O4. The summed E-state index contributed by atoms with van der Waals surface area (Å²) in [5, 5.41) is 5.08. The molecule has 130 valence electrons. The van der Waals surface area contributed by atoms with E-state index in [2.05, 4.69) is 10.6 Å². The summed E-state index contributed by atoms with van der Waals surface area (Å²) >= 11 is 0. The highest BCUT2D eigenvalue weighted by atomic mass is 16.7. The highest BCUT2D eigenvalue weighted by molar-refractivity contribution is 6.62. The van der Waals surface area contributed by atoms with Gasteiger partial charge in [0, 0.05) is 5.69 Å². The number of carbonyl (C=O) groups excluding carboxylic acids is 2. The largest absolute Gasteiger partial charge is 0.494 e. The molecule has 7 nitrogen and oxygen atoms in total. The smallest absolute Gasteiger partial charge is 0.399 e. The first-order chi connectivity index (χ1) is 11.0. The molecule has 1 aromatic rings. The second-order valence-corrected chi connectivity index (χ2v) is 6.93. The summed E-state index contributed by atoms with van der Waals surface area (Å²) in [6.07, 6.45) is 0. The molecule has 3 amide bonds. The molecule has 24 heavy (non-hydrogen) atoms. The Morgan fingerprint density at radius 2 is 1.58 bits per heavy atom. The Kier molecular flexibility index (Phi) is 4.91. The number of benzene rings is 1. The Morgan fingerprint density at radius 3 is 2.04 bits per heavy atom. The molecule has 8 heteroatoms. The van der Waals surface area contributed by atoms with E-state index in [1.807, 2.05) is 39.8 Å². The van der Waals surface area contributed by atoms with Crippen molar-refractivity contribution in [2.24, 2.45) is 5.73 Å². The van der Waals surface area contributed by atoms with E-state index < -0.39 is 36.3 Å². The van der Waals surface area contributed by atoms with Crippen molar-refractivity contribution in [3.8, 4) is 0 Å². The standard InChI is InChI=1S/C16H24BN3O4/c1-10(13(18)21)19-14(22)20-12-8-6-11(7-9-12)17-23-15(2,3)16(4,5)24-17/h6-10H,1-5H3,(H2,18,21)(H2,19,20,22). The molecule has 0 bridgehead atoms. The van der Waals surface area contributed by atoms with Crippen molar-refractivity contribution in [2.75, 3.05) is 5.32 Å². The molecule has 1 saturated heterocycles. The van der Waals surface area contributed by atoms with Crippen molar-refractivity contribution in [3.63, 3.8) is 0 Å². The van der Waals surface area contributed by atoms with Crippen molar-refractivity contribution in [2.45, 2.75) is 51.9 Å². The van der Waals surface area contributed by atoms with Crippen LogP contribution in [0.15, 0.2) is 24.3 Å². The van der Waals surface area contributed by atoms with E-state index in [1.165, 1.54) is 6.92 Å². The van der Waals surface area contributed by atoms with Crippen LogP contribution in [0.1, 0.15) is 34.6 Å². The van der Waals surface area contributed by atoms with Gasteiger partial charge in [0.2, 0.25) is 5.91 Å². The lowest BCUT2D eigenvalue weighted by Gasteiger charge is -2.32. The van der Waals surface area contributed by atoms with Crippen molar-refractivity contribution in [1.82, 2.24) is 5.32 Å². The van der Waals surface area contributed by atoms with E-state index in [4.69, 9.17) is 15.0 Å². The number of amides is 3. The van der Waals surface area contributed by atoms with Crippen molar-refractivity contribution in [3.05, 3.63) is 24.3 Å². The molecule has 0 aromatic heterocycles. The van der Waals surface area contributed by atoms with Crippen molar-refractivity contribution in [1.29, 1.82) is 0 Å². The maximum atomic E-state index is 11.8. The molecule has 1 heterocycles. The fourth-order valence-corrected chi connectivity index (χ4v) is 2.14. The van der Waals surface area contributed by atoms with E-state index in [0.717, 1.165) is 5.46 Å². The van der Waals surface area contributed by atoms with Gasteiger partial charge >= 0.3 is 13.1 Å². The summed E-state index contributed by atoms with van der Waals surface area (Å²) in [4.78, 5) is 22.7. The van der Waals surface area contributed by atoms with Crippen molar-refractivity contribution >= 4 is 30.2 Å². The van der Waals surface area contributed by atoms with Crippen LogP contribution in [0.2, 0.25) is 0 Å². The Hall–Kier alpha value is -2.06. The van der Waals surface area contributed by atoms with Gasteiger partial charge in [0.15, 0.2) is 0 Å². The van der Waals surface area contributed by atoms with Crippen molar-refractivity contribution < 1.29 is 18.9 Å². The predicted octanol–water partition coefficient (Wildman–Crippen LogP) is 0.981. The van der Waals surface area contributed by atoms with Gasteiger partial charge in [0.05, 0.1) is 11.2 Å². The summed E-state index contributed by atoms with van der Waals surface area (Å²) in [6.45, 7) is 9.49. The number of carbonyl (C=O) groups is 2. The number of rotatable bonds is 4. The summed E-state index contributed by atoms with van der Waals surface area (Å²) in [5.41, 5.74) is 5.75. The van der Waals surface area contributed by atoms with Gasteiger partial charge in [-0.25, -0.2) is 4.79 Å². The number of hydrogen-bond acceptors (Lipinski definition) is 4. The number of urea groups is 1. The minimum absolute atomic E-state index is 0.403. The first-order valence-corrected chi connectivity index (χ1v) is 7.84. The monoisotopic (exact) mass is 333 g/mol. The SMILES string of the molecule is CC(NC(=O)Nc1ccc(B2OC(C)(C)C(C)(C)O2)cc1)C(N)=O. The first kappa shape index (κ1) is 18.3. The Labute approximate surface area is 142 Å². The molecule has 2 rings (SSSR count). The van der Waals surface area contributed by atoms with Crippen LogP contribution < -0.4 is 21.8 Å². The number of anilines is 1. The highest BCUT2D eigenvalue weighted by Crippen LogP contribution is 2.36. The van der Waals surface area contributed by atoms with E-state index in [0.29, 0.717) is 5.69 Å². The molecule has 1 fully saturated rings. The summed E-state index contributed by atoms with van der Waals surface area (Å²) < 4.78 is 12.0. The fraction of sp³-hybridized carbons (Fsp3) is 0.500. The Bertz CT molecular complexity index is 615. The number of hydrogen-bond donors (Lipinski definition) is 3. The van der Waals surface area contributed by atoms with Gasteiger partial charge in [-0.15, -0.1) is 0 Å². The topological polar surface area (TPSA) is 103 Å². The normalized spacial score (nSPS) is 19.6. The van der Waals surface area contributed by atoms with Crippen LogP contribution in [0, 0.1) is 0 Å². The van der Waals surface area contributed by atoms with Crippen LogP contribution in [-0.4, -0.2) is 36.3 Å². The minimum atomic E-state index is -0.742. The lowest BCUT2D eigenvalue weighted by atomic mass is 9.79. The number of nitrogens with one attached hydrogen (secondary N) is 2. The van der Waals surface area contributed by atoms with E-state index in [9.17, 15) is 9.59 Å². The van der Waals surface area contributed by atoms with Gasteiger partial charge in [-0.3, -0.25) is 4.79 Å². The summed E-state index contributed by atoms with van der Waals surface area (Å²) in [6, 6.07) is 5.91. The van der Waals surface area contributed by atoms with Crippen LogP contribution in [-0.2, 0) is 14.1 Å². The van der Waals surface area contributed by atoms with Gasteiger partial charge in [-0.2, -0.15) is 0 Å². The van der Waals surface area contributed by atoms with Crippen LogP contribution in [0.3, 0.4) is 0 Å². The lowest BCUT2D eigenvalue weighted by Crippen LogP contribution is -2.44. The van der Waals surface area contributed by atoms with Gasteiger partial charge in [0.25, 0.3) is 0 Å². The third-order valence-electron chi connectivity index (χ3n) is 4.47. The summed E-state index contributed by atoms with van der Waals surface area (Å²) in [5.74, 6) is -0.596. The Morgan fingerprint density at radius 1 is 1.08 bits per heavy atom. The number of primary amides is 1. The predicted molar refractivity (Wildman–Crippen MR) is 93.0 cm³/mol. The maximum absolute atomic E-state index is 11.8. The lowest BCUT2D eigenvalue weighted by molar-refractivity contribution is -0.119. The molecule has 1 aromatic carbocycles. The van der Waals surface area contributed by atoms with Crippen LogP contribution in [0.25, 0.3) is 0 Å². The zero-order chi connectivity index (χ0) is 18.1. The molecule has 1 aliphatic heterocycles. The average molecular weight is 333 g/mol. The first-order valence-electron chi connectivity index (χ1n) is 7.84. The molecule has 0 radical (unpaired) electrons. The fourth-order valence-electron chi connectivity index (χ4n) is 2.14. The molecular weight excluding hydrogens is 309 g/mol. The molecule has 1 atom stereocenters. The van der Waals surface area contributed by atoms with E-state index in [-0.39, 0.29) is 0 Å². The average Bonchev–Trinajstić information content (AvgIpc) is 2.67. The van der Waals surface area contributed by atoms with Crippen LogP contribution in [0.5, 0.6) is 0 Å².